The van der Waals surface area contributed by atoms with Crippen molar-refractivity contribution in [1.29, 1.82) is 0 Å². The van der Waals surface area contributed by atoms with Gasteiger partial charge in [0.05, 0.1) is 0 Å². The number of hydrogen-bond acceptors (Lipinski definition) is 2. The normalized spacial score (nSPS) is 13.2. The molecular formula is C15H30N2O2. The standard InChI is InChI=1S/C15H30N2O2/c1-11(2)7-8-12(3)17-13(18)9-10-16-14(19)15(4,5)6/h11-12H,7-10H2,1-6H3,(H,16,19)(H,17,18). The lowest BCUT2D eigenvalue weighted by Crippen LogP contribution is -2.39. The lowest BCUT2D eigenvalue weighted by atomic mass is 9.96. The van der Waals surface area contributed by atoms with Crippen LogP contribution in [-0.4, -0.2) is 24.4 Å². The van der Waals surface area contributed by atoms with Crippen LogP contribution in [0.5, 0.6) is 0 Å². The molecule has 112 valence electrons. The van der Waals surface area contributed by atoms with Crippen LogP contribution >= 0.6 is 0 Å². The zero-order valence-electron chi connectivity index (χ0n) is 13.3. The predicted molar refractivity (Wildman–Crippen MR) is 78.8 cm³/mol. The molecule has 0 spiro atoms. The topological polar surface area (TPSA) is 58.2 Å². The fourth-order valence-corrected chi connectivity index (χ4v) is 1.56. The van der Waals surface area contributed by atoms with E-state index in [0.717, 1.165) is 12.8 Å². The molecule has 1 unspecified atom stereocenters. The van der Waals surface area contributed by atoms with Crippen LogP contribution in [0.1, 0.15) is 60.8 Å². The minimum absolute atomic E-state index is 0.00506. The van der Waals surface area contributed by atoms with Crippen LogP contribution in [0.25, 0.3) is 0 Å². The van der Waals surface area contributed by atoms with E-state index in [4.69, 9.17) is 0 Å². The third-order valence-corrected chi connectivity index (χ3v) is 2.90. The Morgan fingerprint density at radius 2 is 1.63 bits per heavy atom. The van der Waals surface area contributed by atoms with E-state index in [1.165, 1.54) is 0 Å². The Balaban J connectivity index is 3.79. The van der Waals surface area contributed by atoms with Crippen LogP contribution < -0.4 is 10.6 Å². The van der Waals surface area contributed by atoms with E-state index < -0.39 is 5.41 Å². The van der Waals surface area contributed by atoms with Crippen molar-refractivity contribution in [3.63, 3.8) is 0 Å². The summed E-state index contributed by atoms with van der Waals surface area (Å²) in [4.78, 5) is 23.3. The molecule has 0 saturated heterocycles. The Labute approximate surface area is 117 Å². The molecule has 0 fully saturated rings. The summed E-state index contributed by atoms with van der Waals surface area (Å²) in [7, 11) is 0. The summed E-state index contributed by atoms with van der Waals surface area (Å²) in [5.41, 5.74) is -0.402. The molecule has 0 aliphatic rings. The molecule has 2 amide bonds. The number of carbonyl (C=O) groups excluding carboxylic acids is 2. The lowest BCUT2D eigenvalue weighted by Gasteiger charge is -2.18. The maximum absolute atomic E-state index is 11.7. The molecular weight excluding hydrogens is 240 g/mol. The molecule has 0 heterocycles. The van der Waals surface area contributed by atoms with Crippen LogP contribution in [0.3, 0.4) is 0 Å². The number of hydrogen-bond donors (Lipinski definition) is 2. The largest absolute Gasteiger partial charge is 0.355 e. The zero-order valence-corrected chi connectivity index (χ0v) is 13.3. The van der Waals surface area contributed by atoms with Crippen LogP contribution in [-0.2, 0) is 9.59 Å². The second kappa shape index (κ2) is 8.18. The van der Waals surface area contributed by atoms with Gasteiger partial charge in [0.15, 0.2) is 0 Å². The van der Waals surface area contributed by atoms with E-state index in [9.17, 15) is 9.59 Å². The first kappa shape index (κ1) is 17.9. The first-order valence-electron chi connectivity index (χ1n) is 7.20. The van der Waals surface area contributed by atoms with Crippen molar-refractivity contribution in [1.82, 2.24) is 10.6 Å². The van der Waals surface area contributed by atoms with Gasteiger partial charge in [-0.05, 0) is 25.7 Å². The van der Waals surface area contributed by atoms with Gasteiger partial charge in [-0.3, -0.25) is 9.59 Å². The van der Waals surface area contributed by atoms with E-state index >= 15 is 0 Å². The second-order valence-electron chi connectivity index (χ2n) is 6.70. The van der Waals surface area contributed by atoms with E-state index in [2.05, 4.69) is 24.5 Å². The first-order valence-corrected chi connectivity index (χ1v) is 7.20. The van der Waals surface area contributed by atoms with Crippen LogP contribution in [0.2, 0.25) is 0 Å². The van der Waals surface area contributed by atoms with Crippen molar-refractivity contribution >= 4 is 11.8 Å². The van der Waals surface area contributed by atoms with Crippen LogP contribution in [0.15, 0.2) is 0 Å². The Morgan fingerprint density at radius 1 is 1.05 bits per heavy atom. The van der Waals surface area contributed by atoms with Gasteiger partial charge in [-0.2, -0.15) is 0 Å². The molecule has 19 heavy (non-hydrogen) atoms. The van der Waals surface area contributed by atoms with Crippen molar-refractivity contribution in [2.75, 3.05) is 6.54 Å². The molecule has 0 radical (unpaired) electrons. The molecule has 0 aliphatic carbocycles. The highest BCUT2D eigenvalue weighted by Crippen LogP contribution is 2.12. The maximum Gasteiger partial charge on any atom is 0.225 e. The number of rotatable bonds is 7. The van der Waals surface area contributed by atoms with Gasteiger partial charge in [0.1, 0.15) is 0 Å². The van der Waals surface area contributed by atoms with Gasteiger partial charge in [-0.15, -0.1) is 0 Å². The average molecular weight is 270 g/mol. The van der Waals surface area contributed by atoms with Crippen LogP contribution in [0.4, 0.5) is 0 Å². The molecule has 0 rings (SSSR count). The fourth-order valence-electron chi connectivity index (χ4n) is 1.56. The van der Waals surface area contributed by atoms with E-state index in [1.807, 2.05) is 27.7 Å². The Hall–Kier alpha value is -1.06. The highest BCUT2D eigenvalue weighted by Gasteiger charge is 2.20. The zero-order chi connectivity index (χ0) is 15.1. The lowest BCUT2D eigenvalue weighted by molar-refractivity contribution is -0.128. The second-order valence-corrected chi connectivity index (χ2v) is 6.70. The molecule has 1 atom stereocenters. The maximum atomic E-state index is 11.7. The summed E-state index contributed by atoms with van der Waals surface area (Å²) < 4.78 is 0. The summed E-state index contributed by atoms with van der Waals surface area (Å²) in [6, 6.07) is 0.202. The van der Waals surface area contributed by atoms with Crippen molar-refractivity contribution in [2.24, 2.45) is 11.3 Å². The summed E-state index contributed by atoms with van der Waals surface area (Å²) in [6.45, 7) is 12.4. The SMILES string of the molecule is CC(C)CCC(C)NC(=O)CCNC(=O)C(C)(C)C. The number of nitrogens with one attached hydrogen (secondary N) is 2. The van der Waals surface area contributed by atoms with Gasteiger partial charge in [-0.25, -0.2) is 0 Å². The van der Waals surface area contributed by atoms with Crippen LogP contribution in [0, 0.1) is 11.3 Å². The van der Waals surface area contributed by atoms with Gasteiger partial charge in [0.25, 0.3) is 0 Å². The van der Waals surface area contributed by atoms with E-state index in [1.54, 1.807) is 0 Å². The molecule has 0 aromatic heterocycles. The number of amides is 2. The molecule has 0 bridgehead atoms. The van der Waals surface area contributed by atoms with Gasteiger partial charge in [0, 0.05) is 24.4 Å². The highest BCUT2D eigenvalue weighted by atomic mass is 16.2. The smallest absolute Gasteiger partial charge is 0.225 e. The molecule has 4 heteroatoms. The van der Waals surface area contributed by atoms with Gasteiger partial charge in [0.2, 0.25) is 11.8 Å². The molecule has 2 N–H and O–H groups in total. The predicted octanol–water partition coefficient (Wildman–Crippen LogP) is 2.48. The third kappa shape index (κ3) is 9.51. The molecule has 4 nitrogen and oxygen atoms in total. The highest BCUT2D eigenvalue weighted by molar-refractivity contribution is 5.82. The monoisotopic (exact) mass is 270 g/mol. The Morgan fingerprint density at radius 3 is 2.11 bits per heavy atom. The third-order valence-electron chi connectivity index (χ3n) is 2.90. The van der Waals surface area contributed by atoms with Crippen molar-refractivity contribution in [2.45, 2.75) is 66.8 Å². The Bertz CT molecular complexity index is 293. The van der Waals surface area contributed by atoms with E-state index in [-0.39, 0.29) is 17.9 Å². The molecule has 0 saturated carbocycles. The molecule has 0 aromatic carbocycles. The average Bonchev–Trinajstić information content (AvgIpc) is 2.24. The van der Waals surface area contributed by atoms with Gasteiger partial charge >= 0.3 is 0 Å². The van der Waals surface area contributed by atoms with Crippen molar-refractivity contribution in [3.05, 3.63) is 0 Å². The summed E-state index contributed by atoms with van der Waals surface area (Å²) in [5.74, 6) is 0.643. The van der Waals surface area contributed by atoms with Crippen molar-refractivity contribution < 1.29 is 9.59 Å². The first-order chi connectivity index (χ1) is 8.62. The minimum Gasteiger partial charge on any atom is -0.355 e. The fraction of sp³-hybridized carbons (Fsp3) is 0.867. The van der Waals surface area contributed by atoms with Crippen molar-refractivity contribution in [3.8, 4) is 0 Å². The molecule has 0 aliphatic heterocycles. The van der Waals surface area contributed by atoms with E-state index in [0.29, 0.717) is 18.9 Å². The number of carbonyl (C=O) groups is 2. The summed E-state index contributed by atoms with van der Waals surface area (Å²) >= 11 is 0. The summed E-state index contributed by atoms with van der Waals surface area (Å²) in [6.07, 6.45) is 2.45. The molecule has 0 aromatic rings. The quantitative estimate of drug-likeness (QED) is 0.746. The Kier molecular flexibility index (Phi) is 7.72. The van der Waals surface area contributed by atoms with Gasteiger partial charge in [-0.1, -0.05) is 34.6 Å². The summed E-state index contributed by atoms with van der Waals surface area (Å²) in [5, 5.41) is 5.73. The van der Waals surface area contributed by atoms with Gasteiger partial charge < -0.3 is 10.6 Å². The minimum atomic E-state index is -0.402.